The van der Waals surface area contributed by atoms with Gasteiger partial charge in [-0.1, -0.05) is 6.07 Å². The van der Waals surface area contributed by atoms with Gasteiger partial charge < -0.3 is 14.2 Å². The molecule has 0 unspecified atom stereocenters. The second-order valence-corrected chi connectivity index (χ2v) is 7.60. The van der Waals surface area contributed by atoms with Gasteiger partial charge in [-0.25, -0.2) is 14.4 Å². The van der Waals surface area contributed by atoms with E-state index in [1.54, 1.807) is 27.0 Å². The summed E-state index contributed by atoms with van der Waals surface area (Å²) in [5, 5.41) is 0.827. The normalized spacial score (nSPS) is 13.9. The average molecular weight is 385 g/mol. The molecule has 1 aliphatic carbocycles. The van der Waals surface area contributed by atoms with Crippen molar-refractivity contribution < 1.29 is 28.6 Å². The van der Waals surface area contributed by atoms with Crippen LogP contribution >= 0.6 is 0 Å². The average Bonchev–Trinajstić information content (AvgIpc) is 3.09. The molecule has 0 atom stereocenters. The zero-order valence-corrected chi connectivity index (χ0v) is 16.6. The van der Waals surface area contributed by atoms with Gasteiger partial charge in [0.1, 0.15) is 5.60 Å². The summed E-state index contributed by atoms with van der Waals surface area (Å²) in [6.45, 7) is 5.42. The van der Waals surface area contributed by atoms with E-state index in [0.29, 0.717) is 11.1 Å². The number of aromatic nitrogens is 1. The molecule has 1 aliphatic rings. The van der Waals surface area contributed by atoms with Crippen LogP contribution in [0.5, 0.6) is 0 Å². The van der Waals surface area contributed by atoms with Gasteiger partial charge in [-0.15, -0.1) is 0 Å². The molecule has 148 valence electrons. The van der Waals surface area contributed by atoms with E-state index in [2.05, 4.69) is 0 Å². The van der Waals surface area contributed by atoms with Crippen molar-refractivity contribution in [1.82, 2.24) is 4.57 Å². The second-order valence-electron chi connectivity index (χ2n) is 7.60. The van der Waals surface area contributed by atoms with Crippen LogP contribution in [0.25, 0.3) is 10.9 Å². The molecule has 0 fully saturated rings. The Labute approximate surface area is 162 Å². The third-order valence-electron chi connectivity index (χ3n) is 4.62. The molecule has 1 aromatic heterocycles. The van der Waals surface area contributed by atoms with Crippen LogP contribution in [0.4, 0.5) is 4.79 Å². The molecule has 0 aliphatic heterocycles. The molecule has 0 N–H and O–H groups in total. The van der Waals surface area contributed by atoms with Gasteiger partial charge in [0.2, 0.25) is 0 Å². The van der Waals surface area contributed by atoms with Crippen molar-refractivity contribution in [2.45, 2.75) is 39.2 Å². The quantitative estimate of drug-likeness (QED) is 0.583. The number of hydrogen-bond donors (Lipinski definition) is 0. The summed E-state index contributed by atoms with van der Waals surface area (Å²) in [4.78, 5) is 36.9. The lowest BCUT2D eigenvalue weighted by atomic mass is 9.84. The van der Waals surface area contributed by atoms with Crippen LogP contribution in [0.1, 0.15) is 31.9 Å². The summed E-state index contributed by atoms with van der Waals surface area (Å²) < 4.78 is 16.6. The highest BCUT2D eigenvalue weighted by Gasteiger charge is 2.30. The summed E-state index contributed by atoms with van der Waals surface area (Å²) in [6, 6.07) is 5.49. The summed E-state index contributed by atoms with van der Waals surface area (Å²) in [6.07, 6.45) is 1.66. The number of ether oxygens (including phenoxy) is 3. The maximum Gasteiger partial charge on any atom is 0.418 e. The van der Waals surface area contributed by atoms with Gasteiger partial charge in [0.25, 0.3) is 0 Å². The number of methoxy groups -OCH3 is 2. The fourth-order valence-corrected chi connectivity index (χ4v) is 3.39. The van der Waals surface area contributed by atoms with Gasteiger partial charge in [0, 0.05) is 24.4 Å². The van der Waals surface area contributed by atoms with Crippen molar-refractivity contribution in [2.75, 3.05) is 14.2 Å². The van der Waals surface area contributed by atoms with Gasteiger partial charge in [-0.2, -0.15) is 0 Å². The number of benzene rings is 1. The summed E-state index contributed by atoms with van der Waals surface area (Å²) in [7, 11) is 2.56. The topological polar surface area (TPSA) is 83.8 Å². The largest absolute Gasteiger partial charge is 0.466 e. The van der Waals surface area contributed by atoms with E-state index in [0.717, 1.165) is 16.5 Å². The number of fused-ring (bicyclic) bond motifs is 3. The van der Waals surface area contributed by atoms with Crippen LogP contribution in [-0.2, 0) is 36.6 Å². The lowest BCUT2D eigenvalue weighted by Gasteiger charge is -2.22. The van der Waals surface area contributed by atoms with Gasteiger partial charge in [-0.3, -0.25) is 4.57 Å². The third kappa shape index (κ3) is 3.52. The molecule has 7 heteroatoms. The Bertz CT molecular complexity index is 1010. The Kier molecular flexibility index (Phi) is 5.02. The van der Waals surface area contributed by atoms with Crippen LogP contribution in [0.2, 0.25) is 0 Å². The highest BCUT2D eigenvalue weighted by atomic mass is 16.6. The van der Waals surface area contributed by atoms with Crippen molar-refractivity contribution in [3.63, 3.8) is 0 Å². The Morgan fingerprint density at radius 3 is 2.11 bits per heavy atom. The van der Waals surface area contributed by atoms with Gasteiger partial charge in [0.15, 0.2) is 0 Å². The van der Waals surface area contributed by atoms with Crippen LogP contribution in [0.3, 0.4) is 0 Å². The molecular formula is C21H23NO6. The molecule has 0 amide bonds. The standard InChI is InChI=1S/C21H23NO6/c1-21(2,3)28-20(25)22-9-8-13-14-11-16(19(24)27-5)15(18(23)26-4)10-12(14)6-7-17(13)22/h6-9H,10-11H2,1-5H3. The van der Waals surface area contributed by atoms with Gasteiger partial charge in [-0.05, 0) is 44.0 Å². The molecule has 3 rings (SSSR count). The van der Waals surface area contributed by atoms with Crippen LogP contribution in [-0.4, -0.2) is 42.4 Å². The first-order chi connectivity index (χ1) is 13.2. The number of esters is 2. The number of carbonyl (C=O) groups excluding carboxylic acids is 3. The van der Waals surface area contributed by atoms with Crippen molar-refractivity contribution in [3.8, 4) is 0 Å². The molecule has 0 saturated heterocycles. The molecule has 0 spiro atoms. The SMILES string of the molecule is COC(=O)C1=C(C(=O)OC)Cc2c(ccc3c2ccn3C(=O)OC(C)(C)C)C1. The van der Waals surface area contributed by atoms with Crippen LogP contribution in [0.15, 0.2) is 35.5 Å². The first-order valence-corrected chi connectivity index (χ1v) is 8.90. The molecule has 0 radical (unpaired) electrons. The molecule has 7 nitrogen and oxygen atoms in total. The molecule has 1 aromatic carbocycles. The maximum atomic E-state index is 12.5. The number of rotatable bonds is 2. The first-order valence-electron chi connectivity index (χ1n) is 8.90. The van der Waals surface area contributed by atoms with Crippen molar-refractivity contribution >= 4 is 28.9 Å². The highest BCUT2D eigenvalue weighted by molar-refractivity contribution is 6.03. The number of hydrogen-bond acceptors (Lipinski definition) is 6. The Hall–Kier alpha value is -3.09. The monoisotopic (exact) mass is 385 g/mol. The minimum atomic E-state index is -0.613. The minimum Gasteiger partial charge on any atom is -0.466 e. The predicted molar refractivity (Wildman–Crippen MR) is 102 cm³/mol. The van der Waals surface area contributed by atoms with E-state index < -0.39 is 23.6 Å². The van der Waals surface area contributed by atoms with Gasteiger partial charge in [0.05, 0.1) is 30.9 Å². The van der Waals surface area contributed by atoms with E-state index in [4.69, 9.17) is 14.2 Å². The van der Waals surface area contributed by atoms with Crippen molar-refractivity contribution in [1.29, 1.82) is 0 Å². The molecule has 0 saturated carbocycles. The highest BCUT2D eigenvalue weighted by Crippen LogP contribution is 2.33. The van der Waals surface area contributed by atoms with Crippen LogP contribution in [0, 0.1) is 0 Å². The van der Waals surface area contributed by atoms with E-state index in [1.165, 1.54) is 18.8 Å². The predicted octanol–water partition coefficient (Wildman–Crippen LogP) is 3.17. The van der Waals surface area contributed by atoms with Crippen molar-refractivity contribution in [2.24, 2.45) is 0 Å². The molecular weight excluding hydrogens is 362 g/mol. The van der Waals surface area contributed by atoms with E-state index >= 15 is 0 Å². The molecule has 1 heterocycles. The lowest BCUT2D eigenvalue weighted by Crippen LogP contribution is -2.26. The fourth-order valence-electron chi connectivity index (χ4n) is 3.39. The lowest BCUT2D eigenvalue weighted by molar-refractivity contribution is -0.139. The Morgan fingerprint density at radius 1 is 0.929 bits per heavy atom. The number of nitrogens with zero attached hydrogens (tertiary/aromatic N) is 1. The zero-order valence-electron chi connectivity index (χ0n) is 16.6. The first kappa shape index (κ1) is 19.7. The van der Waals surface area contributed by atoms with E-state index in [9.17, 15) is 14.4 Å². The Balaban J connectivity index is 2.07. The molecule has 0 bridgehead atoms. The van der Waals surface area contributed by atoms with Crippen molar-refractivity contribution in [3.05, 3.63) is 46.7 Å². The Morgan fingerprint density at radius 2 is 1.54 bits per heavy atom. The smallest absolute Gasteiger partial charge is 0.418 e. The van der Waals surface area contributed by atoms with E-state index in [-0.39, 0.29) is 18.4 Å². The van der Waals surface area contributed by atoms with Crippen LogP contribution < -0.4 is 0 Å². The summed E-state index contributed by atoms with van der Waals surface area (Å²) in [5.41, 5.74) is 2.43. The molecule has 2 aromatic rings. The minimum absolute atomic E-state index is 0.224. The maximum absolute atomic E-state index is 12.5. The summed E-state index contributed by atoms with van der Waals surface area (Å²) >= 11 is 0. The molecule has 28 heavy (non-hydrogen) atoms. The fraction of sp³-hybridized carbons (Fsp3) is 0.381. The second kappa shape index (κ2) is 7.14. The van der Waals surface area contributed by atoms with E-state index in [1.807, 2.05) is 18.2 Å². The zero-order chi connectivity index (χ0) is 20.6. The number of carbonyl (C=O) groups is 3. The van der Waals surface area contributed by atoms with Gasteiger partial charge >= 0.3 is 18.0 Å². The summed E-state index contributed by atoms with van der Waals surface area (Å²) in [5.74, 6) is -1.10. The third-order valence-corrected chi connectivity index (χ3v) is 4.62.